The average Bonchev–Trinajstić information content (AvgIpc) is 3.00. The molecule has 0 radical (unpaired) electrons. The molecule has 0 bridgehead atoms. The summed E-state index contributed by atoms with van der Waals surface area (Å²) < 4.78 is 13.9. The molecule has 2 aliphatic heterocycles. The van der Waals surface area contributed by atoms with Crippen molar-refractivity contribution in [3.8, 4) is 0 Å². The maximum absolute atomic E-state index is 6.35. The summed E-state index contributed by atoms with van der Waals surface area (Å²) in [6, 6.07) is 0. The minimum absolute atomic E-state index is 0.0424. The number of hydrogen-bond acceptors (Lipinski definition) is 4. The lowest BCUT2D eigenvalue weighted by atomic mass is 9.89. The zero-order chi connectivity index (χ0) is 14.9. The van der Waals surface area contributed by atoms with Crippen molar-refractivity contribution in [1.82, 2.24) is 15.1 Å². The van der Waals surface area contributed by atoms with Crippen molar-refractivity contribution >= 4 is 11.6 Å². The third-order valence-corrected chi connectivity index (χ3v) is 5.08. The van der Waals surface area contributed by atoms with Gasteiger partial charge in [-0.25, -0.2) is 0 Å². The predicted molar refractivity (Wildman–Crippen MR) is 81.6 cm³/mol. The van der Waals surface area contributed by atoms with Gasteiger partial charge in [0.25, 0.3) is 0 Å². The number of aryl methyl sites for hydroxylation is 2. The number of piperidine rings is 1. The van der Waals surface area contributed by atoms with Crippen molar-refractivity contribution in [2.75, 3.05) is 19.7 Å². The van der Waals surface area contributed by atoms with E-state index in [0.717, 1.165) is 55.2 Å². The minimum atomic E-state index is 0.0424. The van der Waals surface area contributed by atoms with Crippen LogP contribution < -0.4 is 5.32 Å². The number of halogens is 1. The largest absolute Gasteiger partial charge is 0.372 e. The molecule has 1 aromatic heterocycles. The molecule has 1 unspecified atom stereocenters. The Morgan fingerprint density at radius 3 is 2.90 bits per heavy atom. The first-order valence-corrected chi connectivity index (χ1v) is 8.18. The maximum atomic E-state index is 6.35. The second kappa shape index (κ2) is 6.24. The second-order valence-electron chi connectivity index (χ2n) is 6.07. The fourth-order valence-electron chi connectivity index (χ4n) is 3.31. The molecule has 118 valence electrons. The number of aromatic nitrogens is 2. The molecular formula is C15H24ClN3O2. The van der Waals surface area contributed by atoms with Gasteiger partial charge in [-0.2, -0.15) is 5.10 Å². The van der Waals surface area contributed by atoms with Crippen LogP contribution >= 0.6 is 11.6 Å². The Bertz CT molecular complexity index is 497. The van der Waals surface area contributed by atoms with Crippen molar-refractivity contribution in [2.24, 2.45) is 7.05 Å². The van der Waals surface area contributed by atoms with Gasteiger partial charge in [0.05, 0.1) is 41.3 Å². The van der Waals surface area contributed by atoms with Crippen molar-refractivity contribution < 1.29 is 9.47 Å². The Morgan fingerprint density at radius 2 is 2.24 bits per heavy atom. The number of nitrogens with zero attached hydrogens (tertiary/aromatic N) is 2. The highest BCUT2D eigenvalue weighted by Gasteiger charge is 2.41. The summed E-state index contributed by atoms with van der Waals surface area (Å²) >= 11 is 6.35. The first kappa shape index (κ1) is 15.3. The van der Waals surface area contributed by atoms with Crippen LogP contribution in [-0.2, 0) is 29.5 Å². The molecular weight excluding hydrogens is 290 g/mol. The molecule has 2 saturated heterocycles. The van der Waals surface area contributed by atoms with Crippen LogP contribution in [0, 0.1) is 0 Å². The van der Waals surface area contributed by atoms with E-state index in [1.54, 1.807) is 0 Å². The normalized spacial score (nSPS) is 24.8. The average molecular weight is 314 g/mol. The van der Waals surface area contributed by atoms with E-state index < -0.39 is 0 Å². The molecule has 6 heteroatoms. The molecule has 0 saturated carbocycles. The van der Waals surface area contributed by atoms with Gasteiger partial charge >= 0.3 is 0 Å². The number of hydrogen-bond donors (Lipinski definition) is 1. The highest BCUT2D eigenvalue weighted by Crippen LogP contribution is 2.35. The van der Waals surface area contributed by atoms with Gasteiger partial charge < -0.3 is 14.8 Å². The summed E-state index contributed by atoms with van der Waals surface area (Å²) in [4.78, 5) is 0. The van der Waals surface area contributed by atoms with E-state index in [2.05, 4.69) is 17.3 Å². The molecule has 3 rings (SSSR count). The molecule has 5 nitrogen and oxygen atoms in total. The summed E-state index contributed by atoms with van der Waals surface area (Å²) in [5, 5.41) is 8.55. The molecule has 1 atom stereocenters. The zero-order valence-electron chi connectivity index (χ0n) is 12.8. The Labute approximate surface area is 130 Å². The van der Waals surface area contributed by atoms with E-state index in [1.807, 2.05) is 11.7 Å². The van der Waals surface area contributed by atoms with Crippen molar-refractivity contribution in [1.29, 1.82) is 0 Å². The van der Waals surface area contributed by atoms with Crippen LogP contribution in [0.2, 0.25) is 5.02 Å². The van der Waals surface area contributed by atoms with Crippen LogP contribution in [0.15, 0.2) is 0 Å². The maximum Gasteiger partial charge on any atom is 0.0904 e. The number of nitrogens with one attached hydrogen (secondary N) is 1. The standard InChI is InChI=1S/C15H24ClN3O2/c1-3-12-14(16)13(19(2)18-12)10-20-11-8-15(21-9-11)4-6-17-7-5-15/h11,17H,3-10H2,1-2H3. The fraction of sp³-hybridized carbons (Fsp3) is 0.800. The van der Waals surface area contributed by atoms with Gasteiger partial charge in [0.2, 0.25) is 0 Å². The first-order valence-electron chi connectivity index (χ1n) is 7.80. The smallest absolute Gasteiger partial charge is 0.0904 e. The van der Waals surface area contributed by atoms with Gasteiger partial charge in [-0.05, 0) is 32.4 Å². The van der Waals surface area contributed by atoms with E-state index in [4.69, 9.17) is 21.1 Å². The number of rotatable bonds is 4. The Balaban J connectivity index is 1.58. The van der Waals surface area contributed by atoms with E-state index >= 15 is 0 Å². The summed E-state index contributed by atoms with van der Waals surface area (Å²) in [6.07, 6.45) is 4.16. The molecule has 0 amide bonds. The van der Waals surface area contributed by atoms with Gasteiger partial charge in [-0.15, -0.1) is 0 Å². The third kappa shape index (κ3) is 3.11. The topological polar surface area (TPSA) is 48.3 Å². The molecule has 3 heterocycles. The molecule has 1 N–H and O–H groups in total. The highest BCUT2D eigenvalue weighted by molar-refractivity contribution is 6.31. The van der Waals surface area contributed by atoms with E-state index in [-0.39, 0.29) is 11.7 Å². The number of ether oxygens (including phenoxy) is 2. The van der Waals surface area contributed by atoms with E-state index in [1.165, 1.54) is 0 Å². The SMILES string of the molecule is CCc1nn(C)c(COC2COC3(CCNCC3)C2)c1Cl. The second-order valence-corrected chi connectivity index (χ2v) is 6.44. The Kier molecular flexibility index (Phi) is 4.54. The van der Waals surface area contributed by atoms with Crippen LogP contribution in [0.4, 0.5) is 0 Å². The van der Waals surface area contributed by atoms with Crippen LogP contribution in [-0.4, -0.2) is 41.2 Å². The molecule has 1 aromatic rings. The van der Waals surface area contributed by atoms with Gasteiger partial charge in [0, 0.05) is 13.5 Å². The quantitative estimate of drug-likeness (QED) is 0.924. The van der Waals surface area contributed by atoms with Crippen LogP contribution in [0.3, 0.4) is 0 Å². The van der Waals surface area contributed by atoms with Crippen molar-refractivity contribution in [3.63, 3.8) is 0 Å². The highest BCUT2D eigenvalue weighted by atomic mass is 35.5. The van der Waals surface area contributed by atoms with Gasteiger partial charge in [0.15, 0.2) is 0 Å². The molecule has 2 fully saturated rings. The predicted octanol–water partition coefficient (Wildman–Crippen LogP) is 2.06. The van der Waals surface area contributed by atoms with Gasteiger partial charge in [-0.3, -0.25) is 4.68 Å². The Hall–Kier alpha value is -0.620. The molecule has 2 aliphatic rings. The van der Waals surface area contributed by atoms with E-state index in [9.17, 15) is 0 Å². The molecule has 21 heavy (non-hydrogen) atoms. The monoisotopic (exact) mass is 313 g/mol. The minimum Gasteiger partial charge on any atom is -0.372 e. The van der Waals surface area contributed by atoms with Crippen LogP contribution in [0.5, 0.6) is 0 Å². The lowest BCUT2D eigenvalue weighted by molar-refractivity contribution is -0.0243. The zero-order valence-corrected chi connectivity index (χ0v) is 13.6. The fourth-order valence-corrected chi connectivity index (χ4v) is 3.66. The molecule has 1 spiro atoms. The Morgan fingerprint density at radius 1 is 1.48 bits per heavy atom. The van der Waals surface area contributed by atoms with Crippen LogP contribution in [0.25, 0.3) is 0 Å². The molecule has 0 aromatic carbocycles. The molecule has 0 aliphatic carbocycles. The lowest BCUT2D eigenvalue weighted by Gasteiger charge is -2.32. The third-order valence-electron chi connectivity index (χ3n) is 4.65. The lowest BCUT2D eigenvalue weighted by Crippen LogP contribution is -2.41. The summed E-state index contributed by atoms with van der Waals surface area (Å²) in [7, 11) is 1.92. The van der Waals surface area contributed by atoms with Crippen molar-refractivity contribution in [3.05, 3.63) is 16.4 Å². The van der Waals surface area contributed by atoms with Crippen molar-refractivity contribution in [2.45, 2.75) is 50.9 Å². The first-order chi connectivity index (χ1) is 10.1. The van der Waals surface area contributed by atoms with E-state index in [0.29, 0.717) is 13.2 Å². The van der Waals surface area contributed by atoms with Gasteiger partial charge in [0.1, 0.15) is 0 Å². The summed E-state index contributed by atoms with van der Waals surface area (Å²) in [5.74, 6) is 0. The van der Waals surface area contributed by atoms with Crippen LogP contribution in [0.1, 0.15) is 37.6 Å². The summed E-state index contributed by atoms with van der Waals surface area (Å²) in [6.45, 7) is 5.34. The van der Waals surface area contributed by atoms with Gasteiger partial charge in [-0.1, -0.05) is 18.5 Å². The summed E-state index contributed by atoms with van der Waals surface area (Å²) in [5.41, 5.74) is 1.94.